The van der Waals surface area contributed by atoms with Crippen molar-refractivity contribution in [3.05, 3.63) is 95.1 Å². The lowest BCUT2D eigenvalue weighted by atomic mass is 9.93. The number of piperidine rings is 1. The molecule has 0 saturated carbocycles. The van der Waals surface area contributed by atoms with Gasteiger partial charge in [-0.1, -0.05) is 42.5 Å². The number of fused-ring (bicyclic) bond motifs is 1. The van der Waals surface area contributed by atoms with Crippen LogP contribution in [0.25, 0.3) is 22.2 Å². The number of pyridine rings is 1. The van der Waals surface area contributed by atoms with Crippen LogP contribution in [0.4, 0.5) is 26.3 Å². The summed E-state index contributed by atoms with van der Waals surface area (Å²) in [6.07, 6.45) is -8.20. The first kappa shape index (κ1) is 38.6. The van der Waals surface area contributed by atoms with Crippen LogP contribution in [0.3, 0.4) is 0 Å². The Bertz CT molecular complexity index is 2050. The Kier molecular flexibility index (Phi) is 11.2. The molecule has 284 valence electrons. The SMILES string of the molecule is CN(C)S(=O)(=O)c1ccc2nc(-c3cccc(C(F)(F)F)c3)c(CN3CCC(N4CCOCC4)CC3)c(C(=O)N[C@H](c3ccccc3)C(F)(F)F)c2c1. The molecule has 1 aromatic heterocycles. The van der Waals surface area contributed by atoms with Crippen molar-refractivity contribution < 1.29 is 44.3 Å². The Morgan fingerprint density at radius 2 is 1.60 bits per heavy atom. The van der Waals surface area contributed by atoms with Gasteiger partial charge in [0, 0.05) is 56.3 Å². The first-order chi connectivity index (χ1) is 25.0. The molecular weight excluding hydrogens is 724 g/mol. The lowest BCUT2D eigenvalue weighted by Gasteiger charge is -2.40. The van der Waals surface area contributed by atoms with Gasteiger partial charge in [0.15, 0.2) is 6.04 Å². The summed E-state index contributed by atoms with van der Waals surface area (Å²) in [5.41, 5.74) is -1.48. The van der Waals surface area contributed by atoms with Crippen LogP contribution in [0.15, 0.2) is 77.7 Å². The molecule has 1 atom stereocenters. The maximum absolute atomic E-state index is 14.6. The number of rotatable bonds is 9. The molecule has 9 nitrogen and oxygen atoms in total. The molecular formula is C37H39F6N5O4S. The van der Waals surface area contributed by atoms with E-state index < -0.39 is 39.9 Å². The molecule has 3 heterocycles. The van der Waals surface area contributed by atoms with Gasteiger partial charge in [0.1, 0.15) is 0 Å². The maximum atomic E-state index is 14.6. The molecule has 0 spiro atoms. The number of nitrogens with zero attached hydrogens (tertiary/aromatic N) is 4. The predicted octanol–water partition coefficient (Wildman–Crippen LogP) is 6.50. The molecule has 0 unspecified atom stereocenters. The van der Waals surface area contributed by atoms with Crippen molar-refractivity contribution in [1.29, 1.82) is 0 Å². The van der Waals surface area contributed by atoms with Gasteiger partial charge in [0.05, 0.1) is 40.4 Å². The van der Waals surface area contributed by atoms with Crippen molar-refractivity contribution >= 4 is 26.8 Å². The summed E-state index contributed by atoms with van der Waals surface area (Å²) in [4.78, 5) is 23.3. The number of ether oxygens (including phenoxy) is 1. The number of sulfonamides is 1. The number of morpholine rings is 1. The Hall–Kier alpha value is -4.09. The zero-order chi connectivity index (χ0) is 38.1. The molecule has 16 heteroatoms. The number of nitrogens with one attached hydrogen (secondary N) is 1. The number of aromatic nitrogens is 1. The van der Waals surface area contributed by atoms with Gasteiger partial charge in [-0.05, 0) is 61.8 Å². The van der Waals surface area contributed by atoms with Crippen LogP contribution in [0.5, 0.6) is 0 Å². The number of benzene rings is 3. The van der Waals surface area contributed by atoms with E-state index in [-0.39, 0.29) is 56.3 Å². The number of hydrogen-bond acceptors (Lipinski definition) is 7. The standard InChI is InChI=1S/C37H39F6N5O4S/c1-46(2)53(50,51)28-11-12-31-29(22-28)32(35(49)45-34(37(41,42)43)24-7-4-3-5-8-24)30(33(44-31)25-9-6-10-26(21-25)36(38,39)40)23-47-15-13-27(14-16-47)48-17-19-52-20-18-48/h3-12,21-22,27,34H,13-20,23H2,1-2H3,(H,45,49)/t34-/m1/s1. The van der Waals surface area contributed by atoms with E-state index in [1.165, 1.54) is 74.8 Å². The van der Waals surface area contributed by atoms with Gasteiger partial charge in [-0.2, -0.15) is 26.3 Å². The number of amides is 1. The van der Waals surface area contributed by atoms with Crippen LogP contribution < -0.4 is 5.32 Å². The van der Waals surface area contributed by atoms with Gasteiger partial charge in [-0.3, -0.25) is 14.6 Å². The summed E-state index contributed by atoms with van der Waals surface area (Å²) in [7, 11) is -1.48. The van der Waals surface area contributed by atoms with Crippen LogP contribution in [0.1, 0.15) is 45.9 Å². The molecule has 2 saturated heterocycles. The third kappa shape index (κ3) is 8.51. The summed E-state index contributed by atoms with van der Waals surface area (Å²) in [6.45, 7) is 3.79. The van der Waals surface area contributed by atoms with Gasteiger partial charge in [0.25, 0.3) is 5.91 Å². The minimum atomic E-state index is -4.94. The predicted molar refractivity (Wildman–Crippen MR) is 186 cm³/mol. The van der Waals surface area contributed by atoms with E-state index >= 15 is 0 Å². The highest BCUT2D eigenvalue weighted by atomic mass is 32.2. The van der Waals surface area contributed by atoms with Gasteiger partial charge < -0.3 is 10.1 Å². The van der Waals surface area contributed by atoms with Crippen molar-refractivity contribution in [2.45, 2.75) is 48.7 Å². The summed E-state index contributed by atoms with van der Waals surface area (Å²) in [5, 5.41) is 2.07. The lowest BCUT2D eigenvalue weighted by molar-refractivity contribution is -0.155. The molecule has 2 aliphatic heterocycles. The number of alkyl halides is 6. The van der Waals surface area contributed by atoms with Gasteiger partial charge >= 0.3 is 12.4 Å². The van der Waals surface area contributed by atoms with Crippen LogP contribution in [0.2, 0.25) is 0 Å². The molecule has 2 aliphatic rings. The van der Waals surface area contributed by atoms with E-state index in [1.54, 1.807) is 0 Å². The third-order valence-electron chi connectivity index (χ3n) is 9.76. The average molecular weight is 764 g/mol. The second-order valence-corrected chi connectivity index (χ2v) is 15.5. The molecule has 2 fully saturated rings. The monoisotopic (exact) mass is 763 g/mol. The zero-order valence-electron chi connectivity index (χ0n) is 29.0. The Labute approximate surface area is 303 Å². The normalized spacial score (nSPS) is 17.7. The van der Waals surface area contributed by atoms with Crippen molar-refractivity contribution in [2.75, 3.05) is 53.5 Å². The topological polar surface area (TPSA) is 95.1 Å². The Morgan fingerprint density at radius 1 is 0.925 bits per heavy atom. The minimum Gasteiger partial charge on any atom is -0.379 e. The quantitative estimate of drug-likeness (QED) is 0.195. The largest absolute Gasteiger partial charge is 0.416 e. The van der Waals surface area contributed by atoms with E-state index in [4.69, 9.17) is 9.72 Å². The minimum absolute atomic E-state index is 0.00519. The molecule has 4 aromatic rings. The molecule has 0 aliphatic carbocycles. The summed E-state index contributed by atoms with van der Waals surface area (Å²) >= 11 is 0. The molecule has 6 rings (SSSR count). The highest BCUT2D eigenvalue weighted by molar-refractivity contribution is 7.89. The van der Waals surface area contributed by atoms with Gasteiger partial charge in [-0.25, -0.2) is 17.7 Å². The number of hydrogen-bond donors (Lipinski definition) is 1. The highest BCUT2D eigenvalue weighted by Gasteiger charge is 2.43. The first-order valence-electron chi connectivity index (χ1n) is 17.1. The number of halogens is 6. The van der Waals surface area contributed by atoms with E-state index in [2.05, 4.69) is 10.2 Å². The molecule has 1 amide bonds. The molecule has 3 aromatic carbocycles. The van der Waals surface area contributed by atoms with Crippen LogP contribution in [-0.4, -0.2) is 99.1 Å². The van der Waals surface area contributed by atoms with E-state index in [0.29, 0.717) is 26.3 Å². The number of carbonyl (C=O) groups is 1. The third-order valence-corrected chi connectivity index (χ3v) is 11.6. The molecule has 1 N–H and O–H groups in total. The number of carbonyl (C=O) groups excluding carboxylic acids is 1. The van der Waals surface area contributed by atoms with E-state index in [1.807, 2.05) is 4.90 Å². The van der Waals surface area contributed by atoms with E-state index in [9.17, 15) is 39.6 Å². The summed E-state index contributed by atoms with van der Waals surface area (Å²) in [5.74, 6) is -1.19. The maximum Gasteiger partial charge on any atom is 0.416 e. The van der Waals surface area contributed by atoms with Crippen LogP contribution in [-0.2, 0) is 27.5 Å². The van der Waals surface area contributed by atoms with Crippen molar-refractivity contribution in [1.82, 2.24) is 24.4 Å². The van der Waals surface area contributed by atoms with Crippen molar-refractivity contribution in [3.63, 3.8) is 0 Å². The Morgan fingerprint density at radius 3 is 2.23 bits per heavy atom. The van der Waals surface area contributed by atoms with Gasteiger partial charge in [0.2, 0.25) is 10.0 Å². The van der Waals surface area contributed by atoms with Gasteiger partial charge in [-0.15, -0.1) is 0 Å². The lowest BCUT2D eigenvalue weighted by Crippen LogP contribution is -2.48. The van der Waals surface area contributed by atoms with Crippen LogP contribution >= 0.6 is 0 Å². The average Bonchev–Trinajstić information content (AvgIpc) is 3.13. The van der Waals surface area contributed by atoms with E-state index in [0.717, 1.165) is 42.4 Å². The molecule has 0 bridgehead atoms. The second kappa shape index (κ2) is 15.3. The van der Waals surface area contributed by atoms with Crippen molar-refractivity contribution in [2.24, 2.45) is 0 Å². The smallest absolute Gasteiger partial charge is 0.379 e. The molecule has 0 radical (unpaired) electrons. The fourth-order valence-electron chi connectivity index (χ4n) is 6.96. The fraction of sp³-hybridized carbons (Fsp3) is 0.405. The first-order valence-corrected chi connectivity index (χ1v) is 18.5. The second-order valence-electron chi connectivity index (χ2n) is 13.4. The summed E-state index contributed by atoms with van der Waals surface area (Å²) < 4.78 is 119. The Balaban J connectivity index is 1.54. The fourth-order valence-corrected chi connectivity index (χ4v) is 7.89. The van der Waals surface area contributed by atoms with Crippen LogP contribution in [0, 0.1) is 0 Å². The highest BCUT2D eigenvalue weighted by Crippen LogP contribution is 2.38. The molecule has 53 heavy (non-hydrogen) atoms. The van der Waals surface area contributed by atoms with Crippen molar-refractivity contribution in [3.8, 4) is 11.3 Å². The number of likely N-dealkylation sites (tertiary alicyclic amines) is 1. The summed E-state index contributed by atoms with van der Waals surface area (Å²) in [6, 6.07) is 12.7. The zero-order valence-corrected chi connectivity index (χ0v) is 29.9.